The van der Waals surface area contributed by atoms with Crippen molar-refractivity contribution in [2.45, 2.75) is 38.6 Å². The van der Waals surface area contributed by atoms with E-state index in [4.69, 9.17) is 4.74 Å². The van der Waals surface area contributed by atoms with Gasteiger partial charge in [0, 0.05) is 10.5 Å². The summed E-state index contributed by atoms with van der Waals surface area (Å²) in [7, 11) is 1.73. The van der Waals surface area contributed by atoms with Crippen LogP contribution in [0.5, 0.6) is 5.75 Å². The lowest BCUT2D eigenvalue weighted by Gasteiger charge is -2.35. The van der Waals surface area contributed by atoms with Crippen LogP contribution >= 0.6 is 15.9 Å². The summed E-state index contributed by atoms with van der Waals surface area (Å²) in [6, 6.07) is 6.72. The average Bonchev–Trinajstić information content (AvgIpc) is 2.33. The Labute approximate surface area is 118 Å². The third-order valence-corrected chi connectivity index (χ3v) is 4.50. The van der Waals surface area contributed by atoms with E-state index >= 15 is 0 Å². The molecule has 0 radical (unpaired) electrons. The Bertz CT molecular complexity index is 390. The molecule has 18 heavy (non-hydrogen) atoms. The molecule has 0 saturated heterocycles. The summed E-state index contributed by atoms with van der Waals surface area (Å²) < 4.78 is 6.53. The highest BCUT2D eigenvalue weighted by Crippen LogP contribution is 2.40. The minimum Gasteiger partial charge on any atom is -0.497 e. The maximum absolute atomic E-state index is 5.35. The number of benzene rings is 1. The van der Waals surface area contributed by atoms with Crippen LogP contribution in [0, 0.1) is 5.92 Å². The van der Waals surface area contributed by atoms with Crippen molar-refractivity contribution in [1.82, 2.24) is 5.32 Å². The van der Waals surface area contributed by atoms with Gasteiger partial charge in [-0.1, -0.05) is 29.3 Å². The Morgan fingerprint density at radius 1 is 1.44 bits per heavy atom. The number of halogens is 1. The standard InChI is InChI=1S/C15H22BrNO/c1-3-9-17-15(11-5-4-6-11)13-10-12(18-2)7-8-14(13)16/h7-8,10-11,15,17H,3-6,9H2,1-2H3. The fraction of sp³-hybridized carbons (Fsp3) is 0.600. The fourth-order valence-corrected chi connectivity index (χ4v) is 2.98. The van der Waals surface area contributed by atoms with Crippen LogP contribution in [-0.4, -0.2) is 13.7 Å². The Hall–Kier alpha value is -0.540. The summed E-state index contributed by atoms with van der Waals surface area (Å²) in [6.45, 7) is 3.29. The minimum atomic E-state index is 0.461. The van der Waals surface area contributed by atoms with Gasteiger partial charge in [-0.05, 0) is 55.5 Å². The zero-order valence-electron chi connectivity index (χ0n) is 11.2. The Kier molecular flexibility index (Phi) is 5.07. The predicted molar refractivity (Wildman–Crippen MR) is 79.1 cm³/mol. The molecule has 1 aromatic rings. The van der Waals surface area contributed by atoms with Crippen LogP contribution < -0.4 is 10.1 Å². The highest BCUT2D eigenvalue weighted by molar-refractivity contribution is 9.10. The van der Waals surface area contributed by atoms with Gasteiger partial charge in [0.05, 0.1) is 7.11 Å². The number of methoxy groups -OCH3 is 1. The van der Waals surface area contributed by atoms with Gasteiger partial charge < -0.3 is 10.1 Å². The van der Waals surface area contributed by atoms with Crippen LogP contribution in [-0.2, 0) is 0 Å². The monoisotopic (exact) mass is 311 g/mol. The Balaban J connectivity index is 2.22. The van der Waals surface area contributed by atoms with Crippen molar-refractivity contribution in [2.75, 3.05) is 13.7 Å². The molecule has 1 aromatic carbocycles. The van der Waals surface area contributed by atoms with Crippen LogP contribution in [0.25, 0.3) is 0 Å². The molecule has 1 aliphatic rings. The van der Waals surface area contributed by atoms with Crippen LogP contribution in [0.3, 0.4) is 0 Å². The summed E-state index contributed by atoms with van der Waals surface area (Å²) in [5.41, 5.74) is 1.34. The van der Waals surface area contributed by atoms with Gasteiger partial charge in [0.15, 0.2) is 0 Å². The molecule has 100 valence electrons. The zero-order chi connectivity index (χ0) is 13.0. The molecule has 0 amide bonds. The summed E-state index contributed by atoms with van der Waals surface area (Å²) in [5, 5.41) is 3.69. The van der Waals surface area contributed by atoms with Crippen molar-refractivity contribution in [3.05, 3.63) is 28.2 Å². The molecule has 1 aliphatic carbocycles. The SMILES string of the molecule is CCCNC(c1cc(OC)ccc1Br)C1CCC1. The largest absolute Gasteiger partial charge is 0.497 e. The van der Waals surface area contributed by atoms with Gasteiger partial charge in [-0.15, -0.1) is 0 Å². The van der Waals surface area contributed by atoms with Crippen molar-refractivity contribution < 1.29 is 4.74 Å². The van der Waals surface area contributed by atoms with Crippen molar-refractivity contribution in [1.29, 1.82) is 0 Å². The topological polar surface area (TPSA) is 21.3 Å². The normalized spacial score (nSPS) is 17.3. The van der Waals surface area contributed by atoms with Gasteiger partial charge in [0.1, 0.15) is 5.75 Å². The van der Waals surface area contributed by atoms with E-state index in [0.29, 0.717) is 6.04 Å². The minimum absolute atomic E-state index is 0.461. The molecule has 1 unspecified atom stereocenters. The average molecular weight is 312 g/mol. The molecule has 0 heterocycles. The first-order chi connectivity index (χ1) is 8.76. The number of hydrogen-bond donors (Lipinski definition) is 1. The molecule has 0 aromatic heterocycles. The van der Waals surface area contributed by atoms with E-state index in [1.807, 2.05) is 6.07 Å². The number of nitrogens with one attached hydrogen (secondary N) is 1. The van der Waals surface area contributed by atoms with Gasteiger partial charge in [0.25, 0.3) is 0 Å². The second-order valence-corrected chi connectivity index (χ2v) is 5.86. The summed E-state index contributed by atoms with van der Waals surface area (Å²) in [5.74, 6) is 1.72. The molecule has 1 N–H and O–H groups in total. The smallest absolute Gasteiger partial charge is 0.119 e. The van der Waals surface area contributed by atoms with Crippen molar-refractivity contribution in [3.8, 4) is 5.75 Å². The van der Waals surface area contributed by atoms with E-state index in [0.717, 1.165) is 18.2 Å². The van der Waals surface area contributed by atoms with Gasteiger partial charge in [-0.3, -0.25) is 0 Å². The van der Waals surface area contributed by atoms with Crippen molar-refractivity contribution in [2.24, 2.45) is 5.92 Å². The molecule has 1 fully saturated rings. The molecule has 0 aliphatic heterocycles. The summed E-state index contributed by atoms with van der Waals surface area (Å²) in [6.07, 6.45) is 5.22. The highest BCUT2D eigenvalue weighted by atomic mass is 79.9. The van der Waals surface area contributed by atoms with Gasteiger partial charge in [-0.25, -0.2) is 0 Å². The number of hydrogen-bond acceptors (Lipinski definition) is 2. The first kappa shape index (κ1) is 13.9. The Morgan fingerprint density at radius 3 is 2.78 bits per heavy atom. The van der Waals surface area contributed by atoms with Gasteiger partial charge in [-0.2, -0.15) is 0 Å². The fourth-order valence-electron chi connectivity index (χ4n) is 2.49. The van der Waals surface area contributed by atoms with Gasteiger partial charge >= 0.3 is 0 Å². The molecular weight excluding hydrogens is 290 g/mol. The van der Waals surface area contributed by atoms with Crippen LogP contribution in [0.2, 0.25) is 0 Å². The third kappa shape index (κ3) is 3.07. The molecule has 2 nitrogen and oxygen atoms in total. The molecular formula is C15H22BrNO. The molecule has 2 rings (SSSR count). The second kappa shape index (κ2) is 6.58. The van der Waals surface area contributed by atoms with Crippen LogP contribution in [0.15, 0.2) is 22.7 Å². The van der Waals surface area contributed by atoms with Gasteiger partial charge in [0.2, 0.25) is 0 Å². The highest BCUT2D eigenvalue weighted by Gasteiger charge is 2.29. The molecule has 1 saturated carbocycles. The lowest BCUT2D eigenvalue weighted by molar-refractivity contribution is 0.230. The first-order valence-electron chi connectivity index (χ1n) is 6.83. The van der Waals surface area contributed by atoms with E-state index < -0.39 is 0 Å². The number of rotatable bonds is 6. The zero-order valence-corrected chi connectivity index (χ0v) is 12.8. The maximum atomic E-state index is 5.35. The van der Waals surface area contributed by atoms with E-state index in [-0.39, 0.29) is 0 Å². The van der Waals surface area contributed by atoms with E-state index in [2.05, 4.69) is 40.3 Å². The third-order valence-electron chi connectivity index (χ3n) is 3.77. The van der Waals surface area contributed by atoms with Crippen LogP contribution in [0.4, 0.5) is 0 Å². The molecule has 0 spiro atoms. The predicted octanol–water partition coefficient (Wildman–Crippen LogP) is 4.30. The molecule has 3 heteroatoms. The maximum Gasteiger partial charge on any atom is 0.119 e. The van der Waals surface area contributed by atoms with Crippen molar-refractivity contribution >= 4 is 15.9 Å². The Morgan fingerprint density at radius 2 is 2.22 bits per heavy atom. The van der Waals surface area contributed by atoms with Crippen LogP contribution in [0.1, 0.15) is 44.2 Å². The lowest BCUT2D eigenvalue weighted by atomic mass is 9.77. The first-order valence-corrected chi connectivity index (χ1v) is 7.62. The van der Waals surface area contributed by atoms with E-state index in [9.17, 15) is 0 Å². The van der Waals surface area contributed by atoms with E-state index in [1.54, 1.807) is 7.11 Å². The quantitative estimate of drug-likeness (QED) is 0.845. The second-order valence-electron chi connectivity index (χ2n) is 5.01. The molecule has 1 atom stereocenters. The molecule has 0 bridgehead atoms. The summed E-state index contributed by atoms with van der Waals surface area (Å²) in [4.78, 5) is 0. The lowest BCUT2D eigenvalue weighted by Crippen LogP contribution is -2.32. The van der Waals surface area contributed by atoms with Crippen molar-refractivity contribution in [3.63, 3.8) is 0 Å². The number of ether oxygens (including phenoxy) is 1. The summed E-state index contributed by atoms with van der Waals surface area (Å²) >= 11 is 3.68. The van der Waals surface area contributed by atoms with E-state index in [1.165, 1.54) is 35.7 Å².